The van der Waals surface area contributed by atoms with Gasteiger partial charge in [0.25, 0.3) is 0 Å². The molecule has 0 spiro atoms. The van der Waals surface area contributed by atoms with Gasteiger partial charge in [-0.05, 0) is 43.0 Å². The van der Waals surface area contributed by atoms with Gasteiger partial charge < -0.3 is 9.47 Å². The number of aromatic nitrogens is 1. The minimum atomic E-state index is -0.257. The number of carbonyl (C=O) groups is 2. The number of unbranched alkanes of at least 4 members (excludes halogenated alkanes) is 20. The first-order valence-corrected chi connectivity index (χ1v) is 20.4. The Labute approximate surface area is 301 Å². The van der Waals surface area contributed by atoms with Crippen LogP contribution in [-0.2, 0) is 22.6 Å². The maximum atomic E-state index is 12.9. The van der Waals surface area contributed by atoms with Crippen LogP contribution < -0.4 is 14.0 Å². The van der Waals surface area contributed by atoms with Crippen molar-refractivity contribution in [1.82, 2.24) is 0 Å². The quantitative estimate of drug-likeness (QED) is 0.0372. The molecule has 0 saturated heterocycles. The molecule has 2 rings (SSSR count). The molecule has 0 amide bonds. The topological polar surface area (TPSA) is 56.5 Å². The van der Waals surface area contributed by atoms with Crippen LogP contribution in [0.3, 0.4) is 0 Å². The van der Waals surface area contributed by atoms with Crippen molar-refractivity contribution in [3.8, 4) is 11.5 Å². The van der Waals surface area contributed by atoms with E-state index in [-0.39, 0.29) is 11.9 Å². The number of aryl methyl sites for hydroxylation is 4. The Bertz CT molecular complexity index is 1170. The van der Waals surface area contributed by atoms with Gasteiger partial charge in [-0.15, -0.1) is 0 Å². The van der Waals surface area contributed by atoms with Crippen LogP contribution >= 0.6 is 0 Å². The second kappa shape index (κ2) is 27.1. The van der Waals surface area contributed by atoms with E-state index in [1.165, 1.54) is 120 Å². The number of nitrogens with zero attached hydrogens (tertiary/aromatic N) is 1. The van der Waals surface area contributed by atoms with E-state index in [1.807, 2.05) is 12.1 Å². The summed E-state index contributed by atoms with van der Waals surface area (Å²) in [5, 5.41) is 0. The average molecular weight is 679 g/mol. The summed E-state index contributed by atoms with van der Waals surface area (Å²) in [5.41, 5.74) is 4.76. The highest BCUT2D eigenvalue weighted by atomic mass is 16.6. The monoisotopic (exact) mass is 679 g/mol. The molecule has 2 aromatic rings. The van der Waals surface area contributed by atoms with E-state index in [0.29, 0.717) is 24.3 Å². The van der Waals surface area contributed by atoms with E-state index in [1.54, 1.807) is 6.07 Å². The van der Waals surface area contributed by atoms with Gasteiger partial charge in [0.2, 0.25) is 0 Å². The van der Waals surface area contributed by atoms with Crippen LogP contribution in [0.25, 0.3) is 0 Å². The number of carbonyl (C=O) groups excluding carboxylic acids is 2. The summed E-state index contributed by atoms with van der Waals surface area (Å²) >= 11 is 0. The summed E-state index contributed by atoms with van der Waals surface area (Å²) in [6.07, 6.45) is 28.8. The van der Waals surface area contributed by atoms with E-state index >= 15 is 0 Å². The van der Waals surface area contributed by atoms with Crippen molar-refractivity contribution >= 4 is 11.9 Å². The number of hydrogen-bond donors (Lipinski definition) is 0. The molecule has 49 heavy (non-hydrogen) atoms. The Morgan fingerprint density at radius 3 is 1.33 bits per heavy atom. The summed E-state index contributed by atoms with van der Waals surface area (Å²) in [5.74, 6) is 0.197. The fourth-order valence-corrected chi connectivity index (χ4v) is 6.81. The summed E-state index contributed by atoms with van der Waals surface area (Å²) in [6, 6.07) is 10.1. The SMILES string of the molecule is CCCCCCCCCCCCCC(=O)Oc1ccc(CC[n+]2c(C)cc(C)cc2C)cc1OC(=O)CCCCCCCCCCCCC. The second-order valence-electron chi connectivity index (χ2n) is 14.5. The van der Waals surface area contributed by atoms with Gasteiger partial charge in [-0.25, -0.2) is 0 Å². The highest BCUT2D eigenvalue weighted by Gasteiger charge is 2.17. The number of esters is 2. The van der Waals surface area contributed by atoms with Gasteiger partial charge in [-0.1, -0.05) is 148 Å². The lowest BCUT2D eigenvalue weighted by Crippen LogP contribution is -2.41. The summed E-state index contributed by atoms with van der Waals surface area (Å²) in [4.78, 5) is 25.8. The first kappa shape index (κ1) is 42.5. The lowest BCUT2D eigenvalue weighted by atomic mass is 10.1. The number of hydrogen-bond acceptors (Lipinski definition) is 4. The van der Waals surface area contributed by atoms with Crippen LogP contribution in [0, 0.1) is 20.8 Å². The molecule has 0 unspecified atom stereocenters. The third kappa shape index (κ3) is 19.9. The molecule has 276 valence electrons. The first-order chi connectivity index (χ1) is 23.8. The van der Waals surface area contributed by atoms with Crippen molar-refractivity contribution in [3.05, 3.63) is 52.8 Å². The fourth-order valence-electron chi connectivity index (χ4n) is 6.81. The fraction of sp³-hybridized carbons (Fsp3) is 0.705. The third-order valence-electron chi connectivity index (χ3n) is 9.77. The van der Waals surface area contributed by atoms with Gasteiger partial charge >= 0.3 is 11.9 Å². The van der Waals surface area contributed by atoms with Crippen molar-refractivity contribution in [2.75, 3.05) is 0 Å². The van der Waals surface area contributed by atoms with Crippen LogP contribution in [-0.4, -0.2) is 11.9 Å². The predicted octanol–water partition coefficient (Wildman–Crippen LogP) is 12.4. The van der Waals surface area contributed by atoms with Crippen LogP contribution in [0.1, 0.15) is 190 Å². The van der Waals surface area contributed by atoms with Crippen LogP contribution in [0.4, 0.5) is 0 Å². The molecule has 0 aliphatic rings. The Morgan fingerprint density at radius 2 is 0.898 bits per heavy atom. The van der Waals surface area contributed by atoms with Crippen LogP contribution in [0.2, 0.25) is 0 Å². The average Bonchev–Trinajstić information content (AvgIpc) is 3.06. The predicted molar refractivity (Wildman–Crippen MR) is 204 cm³/mol. The Balaban J connectivity index is 1.85. The summed E-state index contributed by atoms with van der Waals surface area (Å²) < 4.78 is 14.0. The van der Waals surface area contributed by atoms with Crippen molar-refractivity contribution in [2.24, 2.45) is 0 Å². The Kier molecular flexibility index (Phi) is 23.5. The first-order valence-electron chi connectivity index (χ1n) is 20.4. The number of benzene rings is 1. The van der Waals surface area contributed by atoms with E-state index in [9.17, 15) is 9.59 Å². The lowest BCUT2D eigenvalue weighted by molar-refractivity contribution is -0.708. The minimum absolute atomic E-state index is 0.254. The largest absolute Gasteiger partial charge is 0.423 e. The molecule has 0 saturated carbocycles. The molecule has 1 aromatic carbocycles. The van der Waals surface area contributed by atoms with E-state index in [4.69, 9.17) is 9.47 Å². The minimum Gasteiger partial charge on any atom is -0.423 e. The number of pyridine rings is 1. The standard InChI is InChI=1S/C44H72NO4/c1-6-8-10-12-14-16-18-20-22-24-26-28-43(46)48-41-31-30-40(32-33-45-38(4)34-37(3)35-39(45)5)36-42(41)49-44(47)29-27-25-23-21-19-17-15-13-11-9-7-2/h30-31,34-36H,6-29,32-33H2,1-5H3/q+1. The van der Waals surface area contributed by atoms with Crippen molar-refractivity contribution < 1.29 is 23.6 Å². The molecule has 5 heteroatoms. The van der Waals surface area contributed by atoms with Gasteiger partial charge in [-0.3, -0.25) is 9.59 Å². The van der Waals surface area contributed by atoms with Gasteiger partial charge in [0, 0.05) is 45.2 Å². The molecule has 0 aliphatic heterocycles. The van der Waals surface area contributed by atoms with Crippen LogP contribution in [0.15, 0.2) is 30.3 Å². The van der Waals surface area contributed by atoms with Gasteiger partial charge in [0.05, 0.1) is 0 Å². The number of ether oxygens (including phenoxy) is 2. The molecule has 1 aromatic heterocycles. The third-order valence-corrected chi connectivity index (χ3v) is 9.77. The van der Waals surface area contributed by atoms with Crippen molar-refractivity contribution in [2.45, 2.75) is 202 Å². The maximum absolute atomic E-state index is 12.9. The summed E-state index contributed by atoms with van der Waals surface area (Å²) in [6.45, 7) is 11.7. The lowest BCUT2D eigenvalue weighted by Gasteiger charge is -2.13. The molecule has 1 heterocycles. The van der Waals surface area contributed by atoms with Crippen LogP contribution in [0.5, 0.6) is 11.5 Å². The molecule has 0 fully saturated rings. The highest BCUT2D eigenvalue weighted by molar-refractivity contribution is 5.76. The second-order valence-corrected chi connectivity index (χ2v) is 14.5. The molecular weight excluding hydrogens is 606 g/mol. The smallest absolute Gasteiger partial charge is 0.311 e. The number of rotatable bonds is 29. The van der Waals surface area contributed by atoms with Gasteiger partial charge in [-0.2, -0.15) is 4.57 Å². The van der Waals surface area contributed by atoms with E-state index < -0.39 is 0 Å². The zero-order valence-corrected chi connectivity index (χ0v) is 32.4. The van der Waals surface area contributed by atoms with Crippen molar-refractivity contribution in [3.63, 3.8) is 0 Å². The zero-order valence-electron chi connectivity index (χ0n) is 32.4. The molecular formula is C44H72NO4+. The zero-order chi connectivity index (χ0) is 35.5. The van der Waals surface area contributed by atoms with E-state index in [0.717, 1.165) is 57.1 Å². The van der Waals surface area contributed by atoms with Gasteiger partial charge in [0.15, 0.2) is 29.4 Å². The molecule has 0 atom stereocenters. The molecule has 0 aliphatic carbocycles. The molecule has 0 bridgehead atoms. The molecule has 5 nitrogen and oxygen atoms in total. The van der Waals surface area contributed by atoms with E-state index in [2.05, 4.69) is 51.3 Å². The Morgan fingerprint density at radius 1 is 0.510 bits per heavy atom. The Hall–Kier alpha value is -2.69. The molecule has 0 radical (unpaired) electrons. The maximum Gasteiger partial charge on any atom is 0.311 e. The van der Waals surface area contributed by atoms with Crippen molar-refractivity contribution in [1.29, 1.82) is 0 Å². The van der Waals surface area contributed by atoms with Gasteiger partial charge in [0.1, 0.15) is 0 Å². The summed E-state index contributed by atoms with van der Waals surface area (Å²) in [7, 11) is 0. The molecule has 0 N–H and O–H groups in total. The highest BCUT2D eigenvalue weighted by Crippen LogP contribution is 2.30. The normalized spacial score (nSPS) is 11.2.